The van der Waals surface area contributed by atoms with E-state index in [2.05, 4.69) is 4.98 Å². The first-order valence-electron chi connectivity index (χ1n) is 3.31. The Morgan fingerprint density at radius 1 is 1.73 bits per heavy atom. The summed E-state index contributed by atoms with van der Waals surface area (Å²) in [4.78, 5) is 14.6. The molecule has 3 nitrogen and oxygen atoms in total. The maximum atomic E-state index is 10.7. The summed E-state index contributed by atoms with van der Waals surface area (Å²) in [6.07, 6.45) is 0.658. The molecule has 0 aliphatic carbocycles. The van der Waals surface area contributed by atoms with Crippen LogP contribution >= 0.6 is 11.6 Å². The number of aromatic nitrogens is 1. The summed E-state index contributed by atoms with van der Waals surface area (Å²) in [5, 5.41) is -0.581. The number of carbonyl (C=O) groups excluding carboxylic acids is 1. The Hall–Kier alpha value is -0.830. The molecule has 0 amide bonds. The molecule has 60 valence electrons. The first kappa shape index (κ1) is 8.27. The molecule has 4 heteroatoms. The Morgan fingerprint density at radius 3 is 2.73 bits per heavy atom. The molecule has 0 fully saturated rings. The fraction of sp³-hybridized carbons (Fsp3) is 0.429. The summed E-state index contributed by atoms with van der Waals surface area (Å²) in [5.74, 6) is 0.650. The molecule has 1 heterocycles. The van der Waals surface area contributed by atoms with Crippen molar-refractivity contribution in [2.75, 3.05) is 0 Å². The molecule has 0 aliphatic rings. The van der Waals surface area contributed by atoms with Crippen molar-refractivity contribution >= 4 is 16.8 Å². The number of hydrogen-bond acceptors (Lipinski definition) is 3. The van der Waals surface area contributed by atoms with Crippen LogP contribution in [0.5, 0.6) is 0 Å². The number of carbonyl (C=O) groups is 1. The van der Waals surface area contributed by atoms with E-state index in [1.54, 1.807) is 6.92 Å². The Balaban J connectivity index is 3.12. The Kier molecular flexibility index (Phi) is 2.29. The standard InChI is InChI=1S/C7H8ClNO2/c1-3-5-6(7(8)10)11-4(2)9-5/h3H2,1-2H3. The van der Waals surface area contributed by atoms with Crippen LogP contribution in [-0.4, -0.2) is 10.2 Å². The minimum Gasteiger partial charge on any atom is -0.436 e. The highest BCUT2D eigenvalue weighted by Gasteiger charge is 2.14. The predicted octanol–water partition coefficient (Wildman–Crippen LogP) is 1.92. The second-order valence-electron chi connectivity index (χ2n) is 2.14. The molecule has 11 heavy (non-hydrogen) atoms. The van der Waals surface area contributed by atoms with Gasteiger partial charge in [-0.25, -0.2) is 4.98 Å². The molecular weight excluding hydrogens is 166 g/mol. The molecular formula is C7H8ClNO2. The van der Waals surface area contributed by atoms with Gasteiger partial charge < -0.3 is 4.42 Å². The molecule has 0 aliphatic heterocycles. The van der Waals surface area contributed by atoms with Crippen LogP contribution in [0.1, 0.15) is 29.1 Å². The van der Waals surface area contributed by atoms with Crippen LogP contribution in [0.3, 0.4) is 0 Å². The lowest BCUT2D eigenvalue weighted by Crippen LogP contribution is -1.92. The lowest BCUT2D eigenvalue weighted by molar-refractivity contribution is 0.105. The Bertz CT molecular complexity index is 280. The SMILES string of the molecule is CCc1nc(C)oc1C(=O)Cl. The van der Waals surface area contributed by atoms with Gasteiger partial charge in [-0.1, -0.05) is 6.92 Å². The van der Waals surface area contributed by atoms with Gasteiger partial charge in [0.25, 0.3) is 5.24 Å². The average Bonchev–Trinajstić information content (AvgIpc) is 2.30. The van der Waals surface area contributed by atoms with Crippen molar-refractivity contribution in [2.45, 2.75) is 20.3 Å². The first-order chi connectivity index (χ1) is 5.15. The van der Waals surface area contributed by atoms with Crippen LogP contribution in [-0.2, 0) is 6.42 Å². The number of aryl methyl sites for hydroxylation is 2. The summed E-state index contributed by atoms with van der Waals surface area (Å²) in [7, 11) is 0. The van der Waals surface area contributed by atoms with Crippen molar-refractivity contribution in [3.8, 4) is 0 Å². The highest BCUT2D eigenvalue weighted by atomic mass is 35.5. The predicted molar refractivity (Wildman–Crippen MR) is 40.8 cm³/mol. The quantitative estimate of drug-likeness (QED) is 0.642. The van der Waals surface area contributed by atoms with Crippen molar-refractivity contribution in [3.05, 3.63) is 17.3 Å². The molecule has 1 aromatic heterocycles. The zero-order valence-electron chi connectivity index (χ0n) is 6.35. The van der Waals surface area contributed by atoms with Crippen LogP contribution in [0.25, 0.3) is 0 Å². The zero-order chi connectivity index (χ0) is 8.43. The molecule has 1 rings (SSSR count). The highest BCUT2D eigenvalue weighted by molar-refractivity contribution is 6.67. The summed E-state index contributed by atoms with van der Waals surface area (Å²) in [5.41, 5.74) is 0.627. The first-order valence-corrected chi connectivity index (χ1v) is 3.69. The monoisotopic (exact) mass is 173 g/mol. The van der Waals surface area contributed by atoms with Gasteiger partial charge in [-0.15, -0.1) is 0 Å². The third kappa shape index (κ3) is 1.60. The fourth-order valence-electron chi connectivity index (χ4n) is 0.863. The normalized spacial score (nSPS) is 10.1. The van der Waals surface area contributed by atoms with Gasteiger partial charge in [0.2, 0.25) is 5.76 Å². The van der Waals surface area contributed by atoms with E-state index >= 15 is 0 Å². The van der Waals surface area contributed by atoms with Crippen molar-refractivity contribution in [2.24, 2.45) is 0 Å². The fourth-order valence-corrected chi connectivity index (χ4v) is 1.01. The van der Waals surface area contributed by atoms with E-state index in [0.29, 0.717) is 18.0 Å². The number of halogens is 1. The summed E-state index contributed by atoms with van der Waals surface area (Å²) < 4.78 is 4.97. The highest BCUT2D eigenvalue weighted by Crippen LogP contribution is 2.13. The molecule has 0 aromatic carbocycles. The number of rotatable bonds is 2. The van der Waals surface area contributed by atoms with E-state index in [9.17, 15) is 4.79 Å². The Labute approximate surface area is 69.4 Å². The summed E-state index contributed by atoms with van der Waals surface area (Å²) in [6.45, 7) is 3.57. The average molecular weight is 174 g/mol. The maximum absolute atomic E-state index is 10.7. The third-order valence-corrected chi connectivity index (χ3v) is 1.49. The minimum absolute atomic E-state index is 0.173. The lowest BCUT2D eigenvalue weighted by atomic mass is 10.3. The van der Waals surface area contributed by atoms with E-state index in [1.807, 2.05) is 6.92 Å². The second-order valence-corrected chi connectivity index (χ2v) is 2.48. The van der Waals surface area contributed by atoms with E-state index in [1.165, 1.54) is 0 Å². The zero-order valence-corrected chi connectivity index (χ0v) is 7.10. The number of hydrogen-bond donors (Lipinski definition) is 0. The van der Waals surface area contributed by atoms with E-state index in [0.717, 1.165) is 0 Å². The minimum atomic E-state index is -0.581. The van der Waals surface area contributed by atoms with Crippen LogP contribution < -0.4 is 0 Å². The largest absolute Gasteiger partial charge is 0.436 e. The van der Waals surface area contributed by atoms with Crippen LogP contribution in [0.15, 0.2) is 4.42 Å². The second kappa shape index (κ2) is 3.05. The van der Waals surface area contributed by atoms with E-state index < -0.39 is 5.24 Å². The molecule has 0 saturated heterocycles. The van der Waals surface area contributed by atoms with Gasteiger partial charge in [0, 0.05) is 6.92 Å². The molecule has 0 unspecified atom stereocenters. The molecule has 0 atom stereocenters. The molecule has 0 spiro atoms. The lowest BCUT2D eigenvalue weighted by Gasteiger charge is -1.87. The van der Waals surface area contributed by atoms with Crippen LogP contribution in [0.4, 0.5) is 0 Å². The maximum Gasteiger partial charge on any atom is 0.289 e. The van der Waals surface area contributed by atoms with Gasteiger partial charge in [0.1, 0.15) is 0 Å². The van der Waals surface area contributed by atoms with E-state index in [4.69, 9.17) is 16.0 Å². The van der Waals surface area contributed by atoms with Crippen molar-refractivity contribution < 1.29 is 9.21 Å². The topological polar surface area (TPSA) is 43.1 Å². The van der Waals surface area contributed by atoms with Crippen molar-refractivity contribution in [1.29, 1.82) is 0 Å². The van der Waals surface area contributed by atoms with Crippen LogP contribution in [0, 0.1) is 6.92 Å². The molecule has 1 aromatic rings. The van der Waals surface area contributed by atoms with E-state index in [-0.39, 0.29) is 5.76 Å². The third-order valence-electron chi connectivity index (χ3n) is 1.32. The van der Waals surface area contributed by atoms with Crippen LogP contribution in [0.2, 0.25) is 0 Å². The van der Waals surface area contributed by atoms with Gasteiger partial charge in [-0.05, 0) is 18.0 Å². The van der Waals surface area contributed by atoms with Gasteiger partial charge in [0.05, 0.1) is 5.69 Å². The molecule has 0 saturated carbocycles. The number of nitrogens with zero attached hydrogens (tertiary/aromatic N) is 1. The summed E-state index contributed by atoms with van der Waals surface area (Å²) >= 11 is 5.23. The van der Waals surface area contributed by atoms with Crippen molar-refractivity contribution in [3.63, 3.8) is 0 Å². The smallest absolute Gasteiger partial charge is 0.289 e. The Morgan fingerprint density at radius 2 is 2.36 bits per heavy atom. The van der Waals surface area contributed by atoms with Gasteiger partial charge in [-0.3, -0.25) is 4.79 Å². The summed E-state index contributed by atoms with van der Waals surface area (Å²) in [6, 6.07) is 0. The number of oxazole rings is 1. The molecule has 0 N–H and O–H groups in total. The molecule has 0 bridgehead atoms. The van der Waals surface area contributed by atoms with Gasteiger partial charge in [0.15, 0.2) is 5.89 Å². The molecule has 0 radical (unpaired) electrons. The van der Waals surface area contributed by atoms with Gasteiger partial charge in [-0.2, -0.15) is 0 Å². The van der Waals surface area contributed by atoms with Gasteiger partial charge >= 0.3 is 0 Å². The van der Waals surface area contributed by atoms with Crippen molar-refractivity contribution in [1.82, 2.24) is 4.98 Å².